The third kappa shape index (κ3) is 5.38. The maximum Gasteiger partial charge on any atom is 0.125 e. The van der Waals surface area contributed by atoms with Crippen molar-refractivity contribution in [3.05, 3.63) is 65.7 Å². The molecule has 0 aromatic heterocycles. The number of hydrogen-bond donors (Lipinski definition) is 2. The first-order valence-electron chi connectivity index (χ1n) is 6.95. The molecule has 0 heterocycles. The zero-order valence-electron chi connectivity index (χ0n) is 11.9. The Balaban J connectivity index is 0.00000220. The number of halogens is 1. The van der Waals surface area contributed by atoms with E-state index < -0.39 is 0 Å². The van der Waals surface area contributed by atoms with Gasteiger partial charge in [0.1, 0.15) is 11.9 Å². The normalized spacial score (nSPS) is 11.5. The van der Waals surface area contributed by atoms with Crippen LogP contribution in [0.5, 0.6) is 5.75 Å². The van der Waals surface area contributed by atoms with Crippen LogP contribution in [0, 0.1) is 0 Å². The van der Waals surface area contributed by atoms with Crippen LogP contribution in [0.3, 0.4) is 0 Å². The SMILES string of the molecule is Cl.NCCC(Oc1ccc(CCO)cc1)c1ccccc1. The average Bonchev–Trinajstić information content (AvgIpc) is 2.50. The molecule has 0 radical (unpaired) electrons. The maximum atomic E-state index is 8.91. The van der Waals surface area contributed by atoms with Crippen LogP contribution in [0.2, 0.25) is 0 Å². The molecule has 2 aromatic carbocycles. The van der Waals surface area contributed by atoms with Gasteiger partial charge in [-0.25, -0.2) is 0 Å². The summed E-state index contributed by atoms with van der Waals surface area (Å²) in [5, 5.41) is 8.91. The Morgan fingerprint density at radius 2 is 1.67 bits per heavy atom. The zero-order chi connectivity index (χ0) is 14.2. The molecule has 4 heteroatoms. The van der Waals surface area contributed by atoms with E-state index in [9.17, 15) is 0 Å². The standard InChI is InChI=1S/C17H21NO2.ClH/c18-12-10-17(15-4-2-1-3-5-15)20-16-8-6-14(7-9-16)11-13-19;/h1-9,17,19H,10-13,18H2;1H. The summed E-state index contributed by atoms with van der Waals surface area (Å²) in [6.45, 7) is 0.752. The molecule has 0 aliphatic rings. The van der Waals surface area contributed by atoms with E-state index >= 15 is 0 Å². The van der Waals surface area contributed by atoms with E-state index in [0.717, 1.165) is 23.3 Å². The minimum atomic E-state index is -0.0232. The fourth-order valence-electron chi connectivity index (χ4n) is 2.14. The second-order valence-electron chi connectivity index (χ2n) is 4.71. The summed E-state index contributed by atoms with van der Waals surface area (Å²) in [6, 6.07) is 18.0. The van der Waals surface area contributed by atoms with Crippen molar-refractivity contribution in [2.75, 3.05) is 13.2 Å². The van der Waals surface area contributed by atoms with Gasteiger partial charge < -0.3 is 15.6 Å². The predicted molar refractivity (Wildman–Crippen MR) is 88.0 cm³/mol. The molecule has 0 aliphatic carbocycles. The molecule has 0 bridgehead atoms. The van der Waals surface area contributed by atoms with Crippen molar-refractivity contribution < 1.29 is 9.84 Å². The van der Waals surface area contributed by atoms with Gasteiger partial charge in [-0.1, -0.05) is 42.5 Å². The van der Waals surface area contributed by atoms with Crippen molar-refractivity contribution >= 4 is 12.4 Å². The largest absolute Gasteiger partial charge is 0.486 e. The highest BCUT2D eigenvalue weighted by molar-refractivity contribution is 5.85. The Kier molecular flexibility index (Phi) is 7.83. The van der Waals surface area contributed by atoms with E-state index in [-0.39, 0.29) is 25.1 Å². The van der Waals surface area contributed by atoms with Crippen molar-refractivity contribution in [3.8, 4) is 5.75 Å². The molecular formula is C17H22ClNO2. The number of nitrogens with two attached hydrogens (primary N) is 1. The lowest BCUT2D eigenvalue weighted by molar-refractivity contribution is 0.197. The van der Waals surface area contributed by atoms with Gasteiger partial charge in [-0.3, -0.25) is 0 Å². The van der Waals surface area contributed by atoms with E-state index in [0.29, 0.717) is 13.0 Å². The monoisotopic (exact) mass is 307 g/mol. The quantitative estimate of drug-likeness (QED) is 0.826. The van der Waals surface area contributed by atoms with Gasteiger partial charge in [0, 0.05) is 13.0 Å². The van der Waals surface area contributed by atoms with Gasteiger partial charge in [0.15, 0.2) is 0 Å². The molecule has 0 saturated carbocycles. The van der Waals surface area contributed by atoms with Crippen molar-refractivity contribution in [2.45, 2.75) is 18.9 Å². The molecule has 0 saturated heterocycles. The summed E-state index contributed by atoms with van der Waals surface area (Å²) in [6.07, 6.45) is 1.43. The van der Waals surface area contributed by atoms with E-state index in [1.54, 1.807) is 0 Å². The van der Waals surface area contributed by atoms with Crippen LogP contribution in [0.15, 0.2) is 54.6 Å². The second kappa shape index (κ2) is 9.40. The van der Waals surface area contributed by atoms with Gasteiger partial charge in [-0.05, 0) is 36.2 Å². The van der Waals surface area contributed by atoms with Crippen LogP contribution in [0.4, 0.5) is 0 Å². The van der Waals surface area contributed by atoms with Crippen LogP contribution in [0.1, 0.15) is 23.7 Å². The lowest BCUT2D eigenvalue weighted by Crippen LogP contribution is -2.13. The van der Waals surface area contributed by atoms with Crippen molar-refractivity contribution in [1.82, 2.24) is 0 Å². The summed E-state index contributed by atoms with van der Waals surface area (Å²) < 4.78 is 6.03. The Bertz CT molecular complexity index is 502. The smallest absolute Gasteiger partial charge is 0.125 e. The maximum absolute atomic E-state index is 8.91. The molecule has 2 rings (SSSR count). The van der Waals surface area contributed by atoms with Crippen LogP contribution in [-0.2, 0) is 6.42 Å². The Hall–Kier alpha value is -1.55. The van der Waals surface area contributed by atoms with Gasteiger partial charge in [0.25, 0.3) is 0 Å². The highest BCUT2D eigenvalue weighted by Gasteiger charge is 2.12. The Labute approximate surface area is 132 Å². The fourth-order valence-corrected chi connectivity index (χ4v) is 2.14. The first-order chi connectivity index (χ1) is 9.83. The number of aliphatic hydroxyl groups is 1. The van der Waals surface area contributed by atoms with Crippen LogP contribution < -0.4 is 10.5 Å². The second-order valence-corrected chi connectivity index (χ2v) is 4.71. The van der Waals surface area contributed by atoms with Gasteiger partial charge in [0.2, 0.25) is 0 Å². The molecule has 0 aliphatic heterocycles. The molecule has 0 amide bonds. The molecule has 1 unspecified atom stereocenters. The fraction of sp³-hybridized carbons (Fsp3) is 0.294. The Morgan fingerprint density at radius 1 is 1.00 bits per heavy atom. The van der Waals surface area contributed by atoms with Crippen LogP contribution in [-0.4, -0.2) is 18.3 Å². The summed E-state index contributed by atoms with van der Waals surface area (Å²) in [5.41, 5.74) is 7.92. The van der Waals surface area contributed by atoms with E-state index in [1.165, 1.54) is 0 Å². The first kappa shape index (κ1) is 17.5. The van der Waals surface area contributed by atoms with Gasteiger partial charge in [-0.2, -0.15) is 0 Å². The third-order valence-corrected chi connectivity index (χ3v) is 3.20. The molecule has 3 N–H and O–H groups in total. The lowest BCUT2D eigenvalue weighted by Gasteiger charge is -2.19. The molecule has 3 nitrogen and oxygen atoms in total. The van der Waals surface area contributed by atoms with Gasteiger partial charge >= 0.3 is 0 Å². The summed E-state index contributed by atoms with van der Waals surface area (Å²) in [7, 11) is 0. The van der Waals surface area contributed by atoms with Crippen LogP contribution in [0.25, 0.3) is 0 Å². The summed E-state index contributed by atoms with van der Waals surface area (Å²) in [4.78, 5) is 0. The Morgan fingerprint density at radius 3 is 2.24 bits per heavy atom. The minimum absolute atomic E-state index is 0. The first-order valence-corrected chi connectivity index (χ1v) is 6.95. The third-order valence-electron chi connectivity index (χ3n) is 3.20. The molecule has 1 atom stereocenters. The van der Waals surface area contributed by atoms with Crippen molar-refractivity contribution in [1.29, 1.82) is 0 Å². The van der Waals surface area contributed by atoms with Crippen molar-refractivity contribution in [2.24, 2.45) is 5.73 Å². The molecule has 114 valence electrons. The van der Waals surface area contributed by atoms with E-state index in [4.69, 9.17) is 15.6 Å². The van der Waals surface area contributed by atoms with Gasteiger partial charge in [-0.15, -0.1) is 12.4 Å². The number of benzene rings is 2. The average molecular weight is 308 g/mol. The van der Waals surface area contributed by atoms with Crippen molar-refractivity contribution in [3.63, 3.8) is 0 Å². The predicted octanol–water partition coefficient (Wildman–Crippen LogP) is 3.11. The van der Waals surface area contributed by atoms with E-state index in [2.05, 4.69) is 12.1 Å². The zero-order valence-corrected chi connectivity index (χ0v) is 12.8. The summed E-state index contributed by atoms with van der Waals surface area (Å²) in [5.74, 6) is 0.828. The van der Waals surface area contributed by atoms with Gasteiger partial charge in [0.05, 0.1) is 0 Å². The number of ether oxygens (including phenoxy) is 1. The molecule has 2 aromatic rings. The number of hydrogen-bond acceptors (Lipinski definition) is 3. The molecular weight excluding hydrogens is 286 g/mol. The number of aliphatic hydroxyl groups excluding tert-OH is 1. The molecule has 0 spiro atoms. The van der Waals surface area contributed by atoms with Crippen LogP contribution >= 0.6 is 12.4 Å². The highest BCUT2D eigenvalue weighted by Crippen LogP contribution is 2.24. The molecule has 0 fully saturated rings. The topological polar surface area (TPSA) is 55.5 Å². The summed E-state index contributed by atoms with van der Waals surface area (Å²) >= 11 is 0. The van der Waals surface area contributed by atoms with E-state index in [1.807, 2.05) is 42.5 Å². The lowest BCUT2D eigenvalue weighted by atomic mass is 10.1. The minimum Gasteiger partial charge on any atom is -0.486 e. The number of rotatable bonds is 7. The highest BCUT2D eigenvalue weighted by atomic mass is 35.5. The molecule has 21 heavy (non-hydrogen) atoms.